The molecular weight excluding hydrogens is 550 g/mol. The van der Waals surface area contributed by atoms with Gasteiger partial charge in [0.05, 0.1) is 29.1 Å². The molecule has 9 heteroatoms. The average molecular weight is 596 g/mol. The zero-order valence-corrected chi connectivity index (χ0v) is 26.3. The highest BCUT2D eigenvalue weighted by molar-refractivity contribution is 7.92. The molecule has 2 aromatic carbocycles. The van der Waals surface area contributed by atoms with E-state index in [2.05, 4.69) is 26.1 Å². The first-order chi connectivity index (χ1) is 19.9. The summed E-state index contributed by atoms with van der Waals surface area (Å²) in [6, 6.07) is 12.8. The van der Waals surface area contributed by atoms with Crippen LogP contribution in [0.3, 0.4) is 0 Å². The molecule has 0 saturated heterocycles. The van der Waals surface area contributed by atoms with Gasteiger partial charge in [-0.2, -0.15) is 0 Å². The van der Waals surface area contributed by atoms with E-state index < -0.39 is 22.2 Å². The van der Waals surface area contributed by atoms with Crippen molar-refractivity contribution in [1.82, 2.24) is 9.88 Å². The van der Waals surface area contributed by atoms with Crippen molar-refractivity contribution in [1.29, 1.82) is 0 Å². The van der Waals surface area contributed by atoms with Crippen LogP contribution in [0.4, 0.5) is 5.69 Å². The van der Waals surface area contributed by atoms with Crippen molar-refractivity contribution < 1.29 is 23.1 Å². The van der Waals surface area contributed by atoms with Gasteiger partial charge < -0.3 is 15.0 Å². The second-order valence-electron chi connectivity index (χ2n) is 12.1. The first-order valence-electron chi connectivity index (χ1n) is 15.0. The Balaban J connectivity index is 1.63. The molecule has 8 nitrogen and oxygen atoms in total. The quantitative estimate of drug-likeness (QED) is 0.260. The second-order valence-corrected chi connectivity index (χ2v) is 14.2. The molecule has 4 rings (SSSR count). The topological polar surface area (TPSA) is 109 Å². The predicted octanol–water partition coefficient (Wildman–Crippen LogP) is 4.76. The number of aryl methyl sites for hydroxylation is 2. The molecule has 3 aromatic rings. The minimum absolute atomic E-state index is 0.000448. The SMILES string of the molecule is CCc1cn2c3c(cc(C(=O)C[C@H](CN[C@H](C(=O)CCC(C)C)[C@H](C)O)Cc4ccccc4)cc13)N(C)S(=O)(=O)CC2. The number of carbonyl (C=O) groups excluding carboxylic acids is 2. The summed E-state index contributed by atoms with van der Waals surface area (Å²) in [5.74, 6) is 0.133. The number of aromatic nitrogens is 1. The third-order valence-electron chi connectivity index (χ3n) is 8.35. The Morgan fingerprint density at radius 1 is 1.10 bits per heavy atom. The summed E-state index contributed by atoms with van der Waals surface area (Å²) in [4.78, 5) is 26.8. The molecule has 2 heterocycles. The summed E-state index contributed by atoms with van der Waals surface area (Å²) < 4.78 is 29.2. The van der Waals surface area contributed by atoms with Crippen LogP contribution in [-0.2, 0) is 34.2 Å². The molecule has 0 bridgehead atoms. The number of Topliss-reactive ketones (excluding diaryl/α,β-unsaturated/α-hetero) is 2. The maximum Gasteiger partial charge on any atom is 0.236 e. The third kappa shape index (κ3) is 7.30. The smallest absolute Gasteiger partial charge is 0.236 e. The molecule has 0 spiro atoms. The van der Waals surface area contributed by atoms with Crippen molar-refractivity contribution in [3.8, 4) is 0 Å². The molecular formula is C33H45N3O5S. The highest BCUT2D eigenvalue weighted by atomic mass is 32.2. The Kier molecular flexibility index (Phi) is 10.3. The summed E-state index contributed by atoms with van der Waals surface area (Å²) in [5, 5.41) is 14.6. The monoisotopic (exact) mass is 595 g/mol. The van der Waals surface area contributed by atoms with Gasteiger partial charge in [-0.15, -0.1) is 0 Å². The fourth-order valence-corrected chi connectivity index (χ4v) is 6.97. The number of hydrogen-bond acceptors (Lipinski definition) is 6. The van der Waals surface area contributed by atoms with Crippen molar-refractivity contribution in [2.75, 3.05) is 23.7 Å². The summed E-state index contributed by atoms with van der Waals surface area (Å²) in [6.45, 7) is 8.56. The van der Waals surface area contributed by atoms with E-state index in [9.17, 15) is 23.1 Å². The lowest BCUT2D eigenvalue weighted by Crippen LogP contribution is -2.47. The van der Waals surface area contributed by atoms with Gasteiger partial charge in [-0.1, -0.05) is 51.1 Å². The summed E-state index contributed by atoms with van der Waals surface area (Å²) in [6.07, 6.45) is 3.89. The number of ketones is 2. The lowest BCUT2D eigenvalue weighted by atomic mass is 9.90. The molecule has 1 aromatic heterocycles. The van der Waals surface area contributed by atoms with E-state index in [0.29, 0.717) is 43.1 Å². The first kappa shape index (κ1) is 31.9. The Morgan fingerprint density at radius 3 is 2.45 bits per heavy atom. The van der Waals surface area contributed by atoms with Crippen molar-refractivity contribution in [3.63, 3.8) is 0 Å². The number of nitrogens with one attached hydrogen (secondary N) is 1. The van der Waals surface area contributed by atoms with Crippen LogP contribution in [0.15, 0.2) is 48.7 Å². The molecule has 1 aliphatic rings. The van der Waals surface area contributed by atoms with Gasteiger partial charge in [0.2, 0.25) is 10.0 Å². The van der Waals surface area contributed by atoms with Gasteiger partial charge in [0.1, 0.15) is 0 Å². The molecule has 3 atom stereocenters. The van der Waals surface area contributed by atoms with Crippen molar-refractivity contribution in [3.05, 3.63) is 65.4 Å². The minimum atomic E-state index is -3.52. The van der Waals surface area contributed by atoms with E-state index >= 15 is 0 Å². The maximum absolute atomic E-state index is 13.9. The Labute approximate surface area is 250 Å². The number of aliphatic hydroxyl groups excluding tert-OH is 1. The number of aliphatic hydroxyl groups is 1. The predicted molar refractivity (Wildman–Crippen MR) is 169 cm³/mol. The molecule has 0 radical (unpaired) electrons. The normalized spacial score (nSPS) is 16.8. The molecule has 1 aliphatic heterocycles. The number of nitrogens with zero attached hydrogens (tertiary/aromatic N) is 2. The lowest BCUT2D eigenvalue weighted by molar-refractivity contribution is -0.123. The fraction of sp³-hybridized carbons (Fsp3) is 0.515. The van der Waals surface area contributed by atoms with Crippen LogP contribution >= 0.6 is 0 Å². The zero-order valence-electron chi connectivity index (χ0n) is 25.5. The van der Waals surface area contributed by atoms with Gasteiger partial charge in [0, 0.05) is 43.6 Å². The van der Waals surface area contributed by atoms with Gasteiger partial charge in [0.25, 0.3) is 0 Å². The third-order valence-corrected chi connectivity index (χ3v) is 10.1. The second kappa shape index (κ2) is 13.5. The van der Waals surface area contributed by atoms with Crippen LogP contribution in [0.25, 0.3) is 10.9 Å². The number of rotatable bonds is 14. The van der Waals surface area contributed by atoms with Crippen LogP contribution in [0, 0.1) is 11.8 Å². The fourth-order valence-electron chi connectivity index (χ4n) is 5.83. The van der Waals surface area contributed by atoms with Crippen LogP contribution < -0.4 is 9.62 Å². The van der Waals surface area contributed by atoms with Crippen LogP contribution in [-0.4, -0.2) is 61.1 Å². The Bertz CT molecular complexity index is 1510. The lowest BCUT2D eigenvalue weighted by Gasteiger charge is -2.25. The van der Waals surface area contributed by atoms with E-state index in [-0.39, 0.29) is 29.7 Å². The largest absolute Gasteiger partial charge is 0.391 e. The molecule has 0 amide bonds. The number of sulfonamides is 1. The van der Waals surface area contributed by atoms with E-state index in [0.717, 1.165) is 34.9 Å². The van der Waals surface area contributed by atoms with E-state index in [1.165, 1.54) is 4.31 Å². The maximum atomic E-state index is 13.9. The molecule has 0 aliphatic carbocycles. The van der Waals surface area contributed by atoms with Gasteiger partial charge >= 0.3 is 0 Å². The molecule has 0 unspecified atom stereocenters. The highest BCUT2D eigenvalue weighted by Gasteiger charge is 2.29. The van der Waals surface area contributed by atoms with Crippen LogP contribution in [0.2, 0.25) is 0 Å². The average Bonchev–Trinajstić information content (AvgIpc) is 3.28. The molecule has 2 N–H and O–H groups in total. The zero-order chi connectivity index (χ0) is 30.6. The standard InChI is InChI=1S/C33H45N3O5S/c1-6-26-21-36-14-15-42(40,41)35(5)29-19-27(18-28(26)33(29)36)31(39)17-25(16-24-10-8-7-9-11-24)20-34-32(23(4)37)30(38)13-12-22(2)3/h7-11,18-19,21-23,25,32,34,37H,6,12-17,20H2,1-5H3/t23-,25+,32-/m0/s1. The van der Waals surface area contributed by atoms with E-state index in [1.807, 2.05) is 47.2 Å². The van der Waals surface area contributed by atoms with Crippen molar-refractivity contribution in [2.45, 2.75) is 78.5 Å². The molecule has 0 fully saturated rings. The molecule has 0 saturated carbocycles. The Hall–Kier alpha value is -3.01. The van der Waals surface area contributed by atoms with Gasteiger partial charge in [-0.3, -0.25) is 13.9 Å². The number of carbonyl (C=O) groups is 2. The van der Waals surface area contributed by atoms with Gasteiger partial charge in [0.15, 0.2) is 11.6 Å². The van der Waals surface area contributed by atoms with E-state index in [4.69, 9.17) is 0 Å². The summed E-state index contributed by atoms with van der Waals surface area (Å²) in [7, 11) is -1.96. The number of benzene rings is 2. The molecule has 228 valence electrons. The van der Waals surface area contributed by atoms with Crippen LogP contribution in [0.5, 0.6) is 0 Å². The summed E-state index contributed by atoms with van der Waals surface area (Å²) >= 11 is 0. The van der Waals surface area contributed by atoms with E-state index in [1.54, 1.807) is 20.0 Å². The summed E-state index contributed by atoms with van der Waals surface area (Å²) in [5.41, 5.74) is 4.00. The number of hydrogen-bond donors (Lipinski definition) is 2. The van der Waals surface area contributed by atoms with Crippen molar-refractivity contribution >= 4 is 38.2 Å². The van der Waals surface area contributed by atoms with Gasteiger partial charge in [-0.05, 0) is 67.8 Å². The van der Waals surface area contributed by atoms with Gasteiger partial charge in [-0.25, -0.2) is 8.42 Å². The molecule has 42 heavy (non-hydrogen) atoms. The van der Waals surface area contributed by atoms with Crippen LogP contribution in [0.1, 0.15) is 68.4 Å². The highest BCUT2D eigenvalue weighted by Crippen LogP contribution is 2.36. The minimum Gasteiger partial charge on any atom is -0.391 e. The first-order valence-corrected chi connectivity index (χ1v) is 16.7. The van der Waals surface area contributed by atoms with Crippen molar-refractivity contribution in [2.24, 2.45) is 11.8 Å². The Morgan fingerprint density at radius 2 is 1.81 bits per heavy atom. The number of anilines is 1.